The Morgan fingerprint density at radius 1 is 0.807 bits per heavy atom. The van der Waals surface area contributed by atoms with Crippen molar-refractivity contribution in [2.24, 2.45) is 11.3 Å². The predicted molar refractivity (Wildman–Crippen MR) is 323 cm³/mol. The first kappa shape index (κ1) is 64.3. The van der Waals surface area contributed by atoms with Gasteiger partial charge in [0.2, 0.25) is 23.6 Å². The minimum Gasteiger partial charge on any atom is -0.491 e. The first-order valence-electron chi connectivity index (χ1n) is 30.0. The first-order chi connectivity index (χ1) is 42.5. The maximum absolute atomic E-state index is 14.7. The van der Waals surface area contributed by atoms with Crippen molar-refractivity contribution in [3.63, 3.8) is 0 Å². The molecule has 0 radical (unpaired) electrons. The summed E-state index contributed by atoms with van der Waals surface area (Å²) in [7, 11) is 1.69. The monoisotopic (exact) mass is 1220 g/mol. The van der Waals surface area contributed by atoms with E-state index in [4.69, 9.17) is 28.1 Å². The Hall–Kier alpha value is -8.16. The summed E-state index contributed by atoms with van der Waals surface area (Å²) in [5.74, 6) is 0.0623. The number of pyridine rings is 1. The Morgan fingerprint density at radius 3 is 2.23 bits per heavy atom. The van der Waals surface area contributed by atoms with Crippen LogP contribution >= 0.6 is 0 Å². The number of carbonyl (C=O) groups excluding carboxylic acids is 5. The molecule has 0 bridgehead atoms. The number of oxazole rings is 1. The molecule has 3 aromatic heterocycles. The largest absolute Gasteiger partial charge is 0.491 e. The number of nitrogens with one attached hydrogen (secondary N) is 6. The van der Waals surface area contributed by atoms with Crippen LogP contribution in [0.3, 0.4) is 0 Å². The molecule has 3 aliphatic rings. The fourth-order valence-electron chi connectivity index (χ4n) is 10.3. The fourth-order valence-corrected chi connectivity index (χ4v) is 10.3. The van der Waals surface area contributed by atoms with Gasteiger partial charge in [-0.2, -0.15) is 5.10 Å². The van der Waals surface area contributed by atoms with Crippen LogP contribution in [0.2, 0.25) is 0 Å². The standard InChI is InChI=1S/C64H79F2N11O11/c1-40(67-5)58(78)74-56(64(2,3)4)63(82)76-37-46-33-48(20-17-44(46)34-53(76)61(81)71-50-12-8-10-42-9-6-7-11-49(42)50)87-32-31-86-30-29-85-28-27-84-26-25-83-24-23-69-59(79)43-15-18-47(19-16-43)77-38-51(55(75-77)57(65)66)72-60(80)52-39-88-62(73-52)45-21-22-68-54(35-45)70-36-41-13-14-41/h6-7,9,11,15-22,33,35,38-41,50,53,56-57,67H,8,10,12-14,23-32,34,36-37H2,1-5H3,(H,68,70)(H,69,79)(H,71,81)(H,72,80)(H,74,78)/t40-,50+,53-,56+/m0/s1. The van der Waals surface area contributed by atoms with Gasteiger partial charge >= 0.3 is 0 Å². The van der Waals surface area contributed by atoms with Crippen LogP contribution in [0.1, 0.15) is 115 Å². The Balaban J connectivity index is 0.636. The van der Waals surface area contributed by atoms with Crippen molar-refractivity contribution in [3.8, 4) is 22.9 Å². The summed E-state index contributed by atoms with van der Waals surface area (Å²) >= 11 is 0. The van der Waals surface area contributed by atoms with Crippen molar-refractivity contribution in [1.29, 1.82) is 0 Å². The van der Waals surface area contributed by atoms with Gasteiger partial charge in [0.25, 0.3) is 18.2 Å². The lowest BCUT2D eigenvalue weighted by Gasteiger charge is -2.41. The number of alkyl halides is 2. The molecule has 4 atom stereocenters. The summed E-state index contributed by atoms with van der Waals surface area (Å²) in [6, 6.07) is 21.1. The lowest BCUT2D eigenvalue weighted by molar-refractivity contribution is -0.147. The van der Waals surface area contributed by atoms with Gasteiger partial charge in [-0.1, -0.05) is 51.1 Å². The van der Waals surface area contributed by atoms with Crippen LogP contribution in [0, 0.1) is 11.3 Å². The second-order valence-electron chi connectivity index (χ2n) is 23.1. The number of aryl methyl sites for hydroxylation is 1. The van der Waals surface area contributed by atoms with E-state index >= 15 is 0 Å². The van der Waals surface area contributed by atoms with Crippen molar-refractivity contribution in [1.82, 2.24) is 45.9 Å². The van der Waals surface area contributed by atoms with Crippen LogP contribution < -0.4 is 36.6 Å². The molecule has 22 nitrogen and oxygen atoms in total. The maximum atomic E-state index is 14.7. The van der Waals surface area contributed by atoms with Crippen molar-refractivity contribution in [2.45, 2.75) is 103 Å². The highest BCUT2D eigenvalue weighted by atomic mass is 19.3. The molecule has 2 aliphatic carbocycles. The third-order valence-corrected chi connectivity index (χ3v) is 15.6. The van der Waals surface area contributed by atoms with E-state index in [0.29, 0.717) is 87.0 Å². The molecule has 0 spiro atoms. The van der Waals surface area contributed by atoms with E-state index in [9.17, 15) is 32.8 Å². The minimum atomic E-state index is -3.00. The third-order valence-electron chi connectivity index (χ3n) is 15.6. The van der Waals surface area contributed by atoms with Gasteiger partial charge in [-0.05, 0) is 128 Å². The summed E-state index contributed by atoms with van der Waals surface area (Å²) in [5.41, 5.74) is 3.78. The zero-order valence-electron chi connectivity index (χ0n) is 50.4. The van der Waals surface area contributed by atoms with E-state index in [2.05, 4.69) is 59.1 Å². The Kier molecular flexibility index (Phi) is 22.4. The molecular formula is C64H79F2N11O11. The number of benzene rings is 3. The fraction of sp³-hybridized carbons (Fsp3) is 0.469. The van der Waals surface area contributed by atoms with Crippen molar-refractivity contribution >= 4 is 41.0 Å². The number of aromatic nitrogens is 4. The summed E-state index contributed by atoms with van der Waals surface area (Å²) in [4.78, 5) is 78.4. The highest BCUT2D eigenvalue weighted by Crippen LogP contribution is 2.35. The van der Waals surface area contributed by atoms with Gasteiger partial charge in [-0.25, -0.2) is 23.4 Å². The van der Waals surface area contributed by atoms with E-state index in [1.807, 2.05) is 51.1 Å². The number of hydrogen-bond acceptors (Lipinski definition) is 16. The number of carbonyl (C=O) groups is 5. The molecule has 6 aromatic rings. The number of ether oxygens (including phenoxy) is 5. The lowest BCUT2D eigenvalue weighted by Crippen LogP contribution is -2.62. The van der Waals surface area contributed by atoms with Crippen LogP contribution in [0.5, 0.6) is 5.75 Å². The Bertz CT molecular complexity index is 3330. The number of fused-ring (bicyclic) bond motifs is 2. The number of anilines is 2. The Labute approximate surface area is 510 Å². The zero-order valence-corrected chi connectivity index (χ0v) is 50.4. The topological polar surface area (TPSA) is 264 Å². The van der Waals surface area contributed by atoms with Crippen LogP contribution in [0.15, 0.2) is 102 Å². The van der Waals surface area contributed by atoms with Gasteiger partial charge < -0.3 is 64.9 Å². The number of rotatable bonds is 31. The van der Waals surface area contributed by atoms with E-state index in [1.165, 1.54) is 41.4 Å². The van der Waals surface area contributed by atoms with E-state index in [1.54, 1.807) is 49.3 Å². The predicted octanol–water partition coefficient (Wildman–Crippen LogP) is 7.40. The van der Waals surface area contributed by atoms with Crippen molar-refractivity contribution in [3.05, 3.63) is 137 Å². The number of likely N-dealkylation sites (N-methyl/N-ethyl adjacent to an activating group) is 1. The van der Waals surface area contributed by atoms with Gasteiger partial charge in [-0.15, -0.1) is 0 Å². The van der Waals surface area contributed by atoms with Crippen LogP contribution in [-0.4, -0.2) is 152 Å². The molecule has 0 unspecified atom stereocenters. The van der Waals surface area contributed by atoms with E-state index in [0.717, 1.165) is 48.8 Å². The molecule has 6 N–H and O–H groups in total. The molecule has 4 heterocycles. The van der Waals surface area contributed by atoms with Gasteiger partial charge in [-0.3, -0.25) is 24.0 Å². The molecule has 9 rings (SSSR count). The summed E-state index contributed by atoms with van der Waals surface area (Å²) in [6.07, 6.45) is 6.39. The normalized spacial score (nSPS) is 16.2. The average Bonchev–Trinajstić information content (AvgIpc) is 2.99. The summed E-state index contributed by atoms with van der Waals surface area (Å²) in [5, 5.41) is 21.7. The molecule has 24 heteroatoms. The molecule has 0 saturated heterocycles. The smallest absolute Gasteiger partial charge is 0.284 e. The maximum Gasteiger partial charge on any atom is 0.284 e. The van der Waals surface area contributed by atoms with Crippen LogP contribution in [0.25, 0.3) is 17.1 Å². The number of hydrogen-bond donors (Lipinski definition) is 6. The van der Waals surface area contributed by atoms with Gasteiger partial charge in [0, 0.05) is 43.4 Å². The molecule has 1 fully saturated rings. The molecule has 88 heavy (non-hydrogen) atoms. The molecule has 5 amide bonds. The highest BCUT2D eigenvalue weighted by Gasteiger charge is 2.43. The Morgan fingerprint density at radius 2 is 1.52 bits per heavy atom. The first-order valence-corrected chi connectivity index (χ1v) is 30.0. The second kappa shape index (κ2) is 30.7. The number of nitrogens with zero attached hydrogens (tertiary/aromatic N) is 5. The lowest BCUT2D eigenvalue weighted by atomic mass is 9.83. The molecule has 1 aliphatic heterocycles. The molecular weight excluding hydrogens is 1140 g/mol. The van der Waals surface area contributed by atoms with Gasteiger partial charge in [0.1, 0.15) is 36.5 Å². The molecule has 3 aromatic carbocycles. The number of halogens is 2. The third kappa shape index (κ3) is 17.5. The van der Waals surface area contributed by atoms with Crippen molar-refractivity contribution in [2.75, 3.05) is 90.2 Å². The van der Waals surface area contributed by atoms with E-state index < -0.39 is 41.6 Å². The highest BCUT2D eigenvalue weighted by molar-refractivity contribution is 6.03. The quantitative estimate of drug-likeness (QED) is 0.0232. The zero-order chi connectivity index (χ0) is 62.2. The second-order valence-corrected chi connectivity index (χ2v) is 23.1. The average molecular weight is 1220 g/mol. The minimum absolute atomic E-state index is 0.114. The molecule has 1 saturated carbocycles. The summed E-state index contributed by atoms with van der Waals surface area (Å²) in [6.45, 7) is 11.5. The van der Waals surface area contributed by atoms with Crippen LogP contribution in [-0.2, 0) is 52.7 Å². The van der Waals surface area contributed by atoms with Crippen molar-refractivity contribution < 1.29 is 60.9 Å². The number of amides is 5. The van der Waals surface area contributed by atoms with Gasteiger partial charge in [0.05, 0.1) is 82.5 Å². The molecule has 470 valence electrons. The van der Waals surface area contributed by atoms with E-state index in [-0.39, 0.29) is 73.2 Å². The summed E-state index contributed by atoms with van der Waals surface area (Å²) < 4.78 is 63.6. The van der Waals surface area contributed by atoms with Gasteiger partial charge in [0.15, 0.2) is 11.4 Å². The van der Waals surface area contributed by atoms with Crippen LogP contribution in [0.4, 0.5) is 20.3 Å². The SMILES string of the molecule is CN[C@@H](C)C(=O)N[C@H](C(=O)N1Cc2cc(OCCOCCOCCOCCOCCNC(=O)c3ccc(-n4cc(NC(=O)c5coc(-c6ccnc(NCC7CC7)c6)n5)c(C(F)F)n4)cc3)ccc2C[C@H]1C(=O)N[C@@H]1CCCc2ccccc21)C(C)(C)C.